The lowest BCUT2D eigenvalue weighted by Gasteiger charge is -2.29. The van der Waals surface area contributed by atoms with Gasteiger partial charge in [0, 0.05) is 18.8 Å². The SMILES string of the molecule is CN(C)CC(C)(C)CNC(=O)[C@H]1CSC(c2ccccc2)N1. The highest BCUT2D eigenvalue weighted by Gasteiger charge is 2.31. The van der Waals surface area contributed by atoms with Gasteiger partial charge in [0.05, 0.1) is 11.4 Å². The average Bonchev–Trinajstić information content (AvgIpc) is 2.94. The molecule has 1 aromatic rings. The first-order chi connectivity index (χ1) is 10.4. The summed E-state index contributed by atoms with van der Waals surface area (Å²) in [6.07, 6.45) is 0. The highest BCUT2D eigenvalue weighted by atomic mass is 32.2. The highest BCUT2D eigenvalue weighted by molar-refractivity contribution is 7.99. The first-order valence-corrected chi connectivity index (χ1v) is 8.77. The van der Waals surface area contributed by atoms with Gasteiger partial charge in [-0.15, -0.1) is 11.8 Å². The van der Waals surface area contributed by atoms with Crippen molar-refractivity contribution >= 4 is 17.7 Å². The molecule has 1 unspecified atom stereocenters. The first-order valence-electron chi connectivity index (χ1n) is 7.72. The smallest absolute Gasteiger partial charge is 0.238 e. The van der Waals surface area contributed by atoms with E-state index in [0.29, 0.717) is 6.54 Å². The van der Waals surface area contributed by atoms with E-state index in [9.17, 15) is 4.79 Å². The van der Waals surface area contributed by atoms with E-state index in [2.05, 4.69) is 55.6 Å². The predicted octanol–water partition coefficient (Wildman–Crippen LogP) is 2.09. The van der Waals surface area contributed by atoms with E-state index in [0.717, 1.165) is 12.3 Å². The number of rotatable bonds is 6. The molecule has 1 saturated heterocycles. The van der Waals surface area contributed by atoms with Crippen LogP contribution < -0.4 is 10.6 Å². The molecular weight excluding hydrogens is 294 g/mol. The van der Waals surface area contributed by atoms with Crippen molar-refractivity contribution in [3.05, 3.63) is 35.9 Å². The summed E-state index contributed by atoms with van der Waals surface area (Å²) in [5.41, 5.74) is 1.31. The zero-order valence-electron chi connectivity index (χ0n) is 13.9. The molecule has 1 fully saturated rings. The minimum absolute atomic E-state index is 0.0732. The van der Waals surface area contributed by atoms with Gasteiger partial charge in [-0.25, -0.2) is 0 Å². The summed E-state index contributed by atoms with van der Waals surface area (Å²) < 4.78 is 0. The largest absolute Gasteiger partial charge is 0.354 e. The van der Waals surface area contributed by atoms with Crippen LogP contribution in [0, 0.1) is 5.41 Å². The van der Waals surface area contributed by atoms with Crippen LogP contribution >= 0.6 is 11.8 Å². The molecule has 0 radical (unpaired) electrons. The molecule has 2 N–H and O–H groups in total. The third-order valence-electron chi connectivity index (χ3n) is 3.69. The average molecular weight is 321 g/mol. The zero-order chi connectivity index (χ0) is 16.2. The Morgan fingerprint density at radius 2 is 2.05 bits per heavy atom. The molecule has 1 aliphatic heterocycles. The summed E-state index contributed by atoms with van der Waals surface area (Å²) in [4.78, 5) is 14.5. The fraction of sp³-hybridized carbons (Fsp3) is 0.588. The lowest BCUT2D eigenvalue weighted by molar-refractivity contribution is -0.123. The normalized spacial score (nSPS) is 22.0. The Kier molecular flexibility index (Phi) is 5.89. The second-order valence-corrected chi connectivity index (χ2v) is 8.10. The van der Waals surface area contributed by atoms with Crippen molar-refractivity contribution in [2.24, 2.45) is 5.41 Å². The van der Waals surface area contributed by atoms with Crippen LogP contribution in [0.5, 0.6) is 0 Å². The van der Waals surface area contributed by atoms with Crippen molar-refractivity contribution in [3.63, 3.8) is 0 Å². The molecule has 0 bridgehead atoms. The van der Waals surface area contributed by atoms with E-state index in [1.54, 1.807) is 11.8 Å². The van der Waals surface area contributed by atoms with Crippen molar-refractivity contribution in [2.75, 3.05) is 32.9 Å². The van der Waals surface area contributed by atoms with Crippen molar-refractivity contribution < 1.29 is 4.79 Å². The highest BCUT2D eigenvalue weighted by Crippen LogP contribution is 2.32. The standard InChI is InChI=1S/C17H27N3OS/c1-17(2,12-20(3)4)11-18-15(21)14-10-22-16(19-14)13-8-6-5-7-9-13/h5-9,14,16,19H,10-12H2,1-4H3,(H,18,21)/t14-,16?/m1/s1. The number of carbonyl (C=O) groups excluding carboxylic acids is 1. The number of thioether (sulfide) groups is 1. The molecule has 122 valence electrons. The molecular formula is C17H27N3OS. The topological polar surface area (TPSA) is 44.4 Å². The van der Waals surface area contributed by atoms with Gasteiger partial charge in [0.2, 0.25) is 5.91 Å². The van der Waals surface area contributed by atoms with Crippen LogP contribution in [-0.2, 0) is 4.79 Å². The maximum Gasteiger partial charge on any atom is 0.238 e. The maximum absolute atomic E-state index is 12.4. The van der Waals surface area contributed by atoms with Gasteiger partial charge in [-0.3, -0.25) is 10.1 Å². The second-order valence-electron chi connectivity index (χ2n) is 6.96. The van der Waals surface area contributed by atoms with Crippen LogP contribution in [-0.4, -0.2) is 49.8 Å². The maximum atomic E-state index is 12.4. The Labute approximate surface area is 138 Å². The van der Waals surface area contributed by atoms with Crippen molar-refractivity contribution in [3.8, 4) is 0 Å². The number of carbonyl (C=O) groups is 1. The third-order valence-corrected chi connectivity index (χ3v) is 4.95. The number of hydrogen-bond donors (Lipinski definition) is 2. The van der Waals surface area contributed by atoms with Gasteiger partial charge in [-0.05, 0) is 25.1 Å². The zero-order valence-corrected chi connectivity index (χ0v) is 14.7. The molecule has 22 heavy (non-hydrogen) atoms. The first kappa shape index (κ1) is 17.3. The van der Waals surface area contributed by atoms with Gasteiger partial charge < -0.3 is 10.2 Å². The summed E-state index contributed by atoms with van der Waals surface area (Å²) in [6.45, 7) is 6.00. The van der Waals surface area contributed by atoms with Gasteiger partial charge in [0.25, 0.3) is 0 Å². The molecule has 2 atom stereocenters. The van der Waals surface area contributed by atoms with Crippen LogP contribution in [0.2, 0.25) is 0 Å². The third kappa shape index (κ3) is 5.00. The van der Waals surface area contributed by atoms with Crippen molar-refractivity contribution in [1.29, 1.82) is 0 Å². The molecule has 2 rings (SSSR count). The Morgan fingerprint density at radius 3 is 2.68 bits per heavy atom. The molecule has 0 aliphatic carbocycles. The number of amides is 1. The number of nitrogens with zero attached hydrogens (tertiary/aromatic N) is 1. The summed E-state index contributed by atoms with van der Waals surface area (Å²) in [7, 11) is 4.12. The molecule has 1 aromatic carbocycles. The van der Waals surface area contributed by atoms with E-state index in [1.807, 2.05) is 18.2 Å². The molecule has 1 aliphatic rings. The summed E-state index contributed by atoms with van der Waals surface area (Å²) in [5.74, 6) is 0.928. The van der Waals surface area contributed by atoms with Crippen molar-refractivity contribution in [1.82, 2.24) is 15.5 Å². The number of hydrogen-bond acceptors (Lipinski definition) is 4. The van der Waals surface area contributed by atoms with Crippen LogP contribution in [0.15, 0.2) is 30.3 Å². The Balaban J connectivity index is 1.82. The van der Waals surface area contributed by atoms with Gasteiger partial charge >= 0.3 is 0 Å². The van der Waals surface area contributed by atoms with E-state index in [-0.39, 0.29) is 22.7 Å². The van der Waals surface area contributed by atoms with Crippen molar-refractivity contribution in [2.45, 2.75) is 25.3 Å². The minimum Gasteiger partial charge on any atom is -0.354 e. The van der Waals surface area contributed by atoms with Crippen LogP contribution in [0.3, 0.4) is 0 Å². The van der Waals surface area contributed by atoms with Gasteiger partial charge in [-0.2, -0.15) is 0 Å². The quantitative estimate of drug-likeness (QED) is 0.842. The Hall–Kier alpha value is -1.04. The molecule has 0 aromatic heterocycles. The van der Waals surface area contributed by atoms with E-state index >= 15 is 0 Å². The predicted molar refractivity (Wildman–Crippen MR) is 93.9 cm³/mol. The van der Waals surface area contributed by atoms with Gasteiger partial charge in [-0.1, -0.05) is 44.2 Å². The van der Waals surface area contributed by atoms with Crippen LogP contribution in [0.4, 0.5) is 0 Å². The Bertz CT molecular complexity index is 490. The Morgan fingerprint density at radius 1 is 1.36 bits per heavy atom. The van der Waals surface area contributed by atoms with Gasteiger partial charge in [0.1, 0.15) is 0 Å². The number of nitrogens with one attached hydrogen (secondary N) is 2. The molecule has 5 heteroatoms. The fourth-order valence-electron chi connectivity index (χ4n) is 2.80. The molecule has 0 saturated carbocycles. The number of benzene rings is 1. The second kappa shape index (κ2) is 7.49. The van der Waals surface area contributed by atoms with E-state index in [4.69, 9.17) is 0 Å². The van der Waals surface area contributed by atoms with E-state index in [1.165, 1.54) is 5.56 Å². The van der Waals surface area contributed by atoms with Crippen LogP contribution in [0.25, 0.3) is 0 Å². The monoisotopic (exact) mass is 321 g/mol. The summed E-state index contributed by atoms with van der Waals surface area (Å²) >= 11 is 1.80. The molecule has 1 heterocycles. The molecule has 4 nitrogen and oxygen atoms in total. The summed E-state index contributed by atoms with van der Waals surface area (Å²) in [5, 5.41) is 6.74. The van der Waals surface area contributed by atoms with Crippen LogP contribution in [0.1, 0.15) is 24.8 Å². The molecule has 1 amide bonds. The lowest BCUT2D eigenvalue weighted by atomic mass is 9.93. The summed E-state index contributed by atoms with van der Waals surface area (Å²) in [6, 6.07) is 10.2. The minimum atomic E-state index is -0.106. The molecule has 0 spiro atoms. The van der Waals surface area contributed by atoms with E-state index < -0.39 is 0 Å². The fourth-order valence-corrected chi connectivity index (χ4v) is 4.05. The lowest BCUT2D eigenvalue weighted by Crippen LogP contribution is -2.47. The van der Waals surface area contributed by atoms with Gasteiger partial charge in [0.15, 0.2) is 0 Å².